The quantitative estimate of drug-likeness (QED) is 0.647. The van der Waals surface area contributed by atoms with Crippen LogP contribution in [-0.4, -0.2) is 39.5 Å². The average molecular weight is 352 g/mol. The van der Waals surface area contributed by atoms with Gasteiger partial charge in [-0.05, 0) is 62.5 Å². The van der Waals surface area contributed by atoms with Crippen LogP contribution in [0.25, 0.3) is 22.5 Å². The molecule has 0 aliphatic carbocycles. The molecule has 0 amide bonds. The van der Waals surface area contributed by atoms with Crippen molar-refractivity contribution in [2.45, 2.75) is 26.7 Å². The number of aromatic nitrogens is 3. The summed E-state index contributed by atoms with van der Waals surface area (Å²) in [4.78, 5) is 14.8. The van der Waals surface area contributed by atoms with Crippen LogP contribution < -0.4 is 0 Å². The highest BCUT2D eigenvalue weighted by Gasteiger charge is 2.14. The van der Waals surface area contributed by atoms with Gasteiger partial charge >= 0.3 is 0 Å². The van der Waals surface area contributed by atoms with E-state index in [0.29, 0.717) is 0 Å². The predicted molar refractivity (Wildman–Crippen MR) is 103 cm³/mol. The summed E-state index contributed by atoms with van der Waals surface area (Å²) in [5, 5.41) is 0. The van der Waals surface area contributed by atoms with Gasteiger partial charge < -0.3 is 9.88 Å². The summed E-state index contributed by atoms with van der Waals surface area (Å²) in [5.74, 6) is 0.720. The number of halogens is 1. The third kappa shape index (κ3) is 4.35. The number of nitrogens with one attached hydrogen (secondary N) is 1. The van der Waals surface area contributed by atoms with Gasteiger partial charge in [-0.3, -0.25) is 4.98 Å². The maximum Gasteiger partial charge on any atom is 0.123 e. The van der Waals surface area contributed by atoms with E-state index in [1.807, 2.05) is 12.1 Å². The molecule has 0 aliphatic rings. The Morgan fingerprint density at radius 3 is 2.31 bits per heavy atom. The van der Waals surface area contributed by atoms with Crippen LogP contribution in [0.15, 0.2) is 48.8 Å². The Labute approximate surface area is 154 Å². The SMILES string of the molecule is CCN(CC)CCCc1nc(-c2ccc(F)cc2)c(-c2ccncc2)[nH]1. The van der Waals surface area contributed by atoms with Gasteiger partial charge in [-0.25, -0.2) is 9.37 Å². The largest absolute Gasteiger partial charge is 0.341 e. The van der Waals surface area contributed by atoms with Crippen LogP contribution in [0.3, 0.4) is 0 Å². The third-order valence-electron chi connectivity index (χ3n) is 4.62. The Morgan fingerprint density at radius 1 is 0.962 bits per heavy atom. The molecule has 0 spiro atoms. The molecule has 3 aromatic rings. The number of H-pyrrole nitrogens is 1. The van der Waals surface area contributed by atoms with E-state index >= 15 is 0 Å². The lowest BCUT2D eigenvalue weighted by molar-refractivity contribution is 0.299. The highest BCUT2D eigenvalue weighted by molar-refractivity contribution is 5.78. The summed E-state index contributed by atoms with van der Waals surface area (Å²) in [5.41, 5.74) is 3.75. The molecule has 1 aromatic carbocycles. The number of imidazole rings is 1. The minimum atomic E-state index is -0.241. The lowest BCUT2D eigenvalue weighted by Crippen LogP contribution is -2.24. The first-order chi connectivity index (χ1) is 12.7. The van der Waals surface area contributed by atoms with Crippen molar-refractivity contribution in [1.82, 2.24) is 19.9 Å². The Hall–Kier alpha value is -2.53. The standard InChI is InChI=1S/C21H25FN4/c1-3-26(4-2)15-5-6-19-24-20(16-7-9-18(22)10-8-16)21(25-19)17-11-13-23-14-12-17/h7-14H,3-6,15H2,1-2H3,(H,24,25). The molecule has 0 bridgehead atoms. The lowest BCUT2D eigenvalue weighted by Gasteiger charge is -2.16. The number of rotatable bonds is 8. The van der Waals surface area contributed by atoms with E-state index in [2.05, 4.69) is 28.7 Å². The smallest absolute Gasteiger partial charge is 0.123 e. The minimum absolute atomic E-state index is 0.241. The maximum absolute atomic E-state index is 13.3. The molecule has 0 unspecified atom stereocenters. The van der Waals surface area contributed by atoms with Gasteiger partial charge in [0.05, 0.1) is 11.4 Å². The van der Waals surface area contributed by atoms with Crippen LogP contribution in [-0.2, 0) is 6.42 Å². The van der Waals surface area contributed by atoms with Crippen LogP contribution in [0.4, 0.5) is 4.39 Å². The van der Waals surface area contributed by atoms with Crippen molar-refractivity contribution < 1.29 is 4.39 Å². The van der Waals surface area contributed by atoms with Crippen LogP contribution in [0, 0.1) is 5.82 Å². The normalized spacial score (nSPS) is 11.2. The zero-order valence-electron chi connectivity index (χ0n) is 15.4. The van der Waals surface area contributed by atoms with Gasteiger partial charge in [0, 0.05) is 29.9 Å². The molecule has 0 saturated heterocycles. The van der Waals surface area contributed by atoms with Crippen LogP contribution in [0.5, 0.6) is 0 Å². The van der Waals surface area contributed by atoms with Gasteiger partial charge in [-0.2, -0.15) is 0 Å². The number of aryl methyl sites for hydroxylation is 1. The van der Waals surface area contributed by atoms with Crippen LogP contribution in [0.2, 0.25) is 0 Å². The van der Waals surface area contributed by atoms with Crippen molar-refractivity contribution in [1.29, 1.82) is 0 Å². The number of nitrogens with zero attached hydrogens (tertiary/aromatic N) is 3. The molecule has 1 N–H and O–H groups in total. The fourth-order valence-electron chi connectivity index (χ4n) is 3.09. The fourth-order valence-corrected chi connectivity index (χ4v) is 3.09. The van der Waals surface area contributed by atoms with Gasteiger partial charge in [0.15, 0.2) is 0 Å². The summed E-state index contributed by atoms with van der Waals surface area (Å²) < 4.78 is 13.3. The van der Waals surface area contributed by atoms with Crippen molar-refractivity contribution in [3.8, 4) is 22.5 Å². The molecule has 2 aromatic heterocycles. The number of hydrogen-bond donors (Lipinski definition) is 1. The molecule has 0 fully saturated rings. The molecule has 136 valence electrons. The number of aromatic amines is 1. The van der Waals surface area contributed by atoms with E-state index < -0.39 is 0 Å². The summed E-state index contributed by atoms with van der Waals surface area (Å²) in [6.07, 6.45) is 5.47. The number of benzene rings is 1. The molecule has 0 saturated carbocycles. The van der Waals surface area contributed by atoms with Crippen molar-refractivity contribution in [3.05, 3.63) is 60.4 Å². The van der Waals surface area contributed by atoms with E-state index in [1.165, 1.54) is 12.1 Å². The van der Waals surface area contributed by atoms with Gasteiger partial charge in [0.1, 0.15) is 11.6 Å². The zero-order valence-corrected chi connectivity index (χ0v) is 15.4. The van der Waals surface area contributed by atoms with E-state index in [1.54, 1.807) is 24.5 Å². The lowest BCUT2D eigenvalue weighted by atomic mass is 10.1. The highest BCUT2D eigenvalue weighted by Crippen LogP contribution is 2.30. The second-order valence-electron chi connectivity index (χ2n) is 6.28. The predicted octanol–water partition coefficient (Wildman–Crippen LogP) is 4.55. The first-order valence-electron chi connectivity index (χ1n) is 9.18. The topological polar surface area (TPSA) is 44.8 Å². The molecular formula is C21H25FN4. The van der Waals surface area contributed by atoms with Crippen molar-refractivity contribution >= 4 is 0 Å². The third-order valence-corrected chi connectivity index (χ3v) is 4.62. The van der Waals surface area contributed by atoms with Crippen LogP contribution >= 0.6 is 0 Å². The molecule has 0 aliphatic heterocycles. The van der Waals surface area contributed by atoms with E-state index in [0.717, 1.165) is 60.8 Å². The zero-order chi connectivity index (χ0) is 18.4. The second kappa shape index (κ2) is 8.72. The fraction of sp³-hybridized carbons (Fsp3) is 0.333. The van der Waals surface area contributed by atoms with Gasteiger partial charge in [-0.15, -0.1) is 0 Å². The maximum atomic E-state index is 13.3. The Bertz CT molecular complexity index is 808. The molecule has 3 rings (SSSR count). The average Bonchev–Trinajstić information content (AvgIpc) is 3.11. The van der Waals surface area contributed by atoms with E-state index in [9.17, 15) is 4.39 Å². The number of hydrogen-bond acceptors (Lipinski definition) is 3. The van der Waals surface area contributed by atoms with Gasteiger partial charge in [0.25, 0.3) is 0 Å². The highest BCUT2D eigenvalue weighted by atomic mass is 19.1. The number of pyridine rings is 1. The first-order valence-corrected chi connectivity index (χ1v) is 9.18. The summed E-state index contributed by atoms with van der Waals surface area (Å²) in [6, 6.07) is 10.4. The first kappa shape index (κ1) is 18.3. The summed E-state index contributed by atoms with van der Waals surface area (Å²) in [6.45, 7) is 7.56. The van der Waals surface area contributed by atoms with Crippen molar-refractivity contribution in [3.63, 3.8) is 0 Å². The summed E-state index contributed by atoms with van der Waals surface area (Å²) in [7, 11) is 0. The molecule has 5 heteroatoms. The van der Waals surface area contributed by atoms with Crippen LogP contribution in [0.1, 0.15) is 26.1 Å². The van der Waals surface area contributed by atoms with Gasteiger partial charge in [0.2, 0.25) is 0 Å². The molecule has 0 atom stereocenters. The van der Waals surface area contributed by atoms with E-state index in [-0.39, 0.29) is 5.82 Å². The van der Waals surface area contributed by atoms with E-state index in [4.69, 9.17) is 4.98 Å². The molecule has 26 heavy (non-hydrogen) atoms. The molecule has 0 radical (unpaired) electrons. The second-order valence-corrected chi connectivity index (χ2v) is 6.28. The van der Waals surface area contributed by atoms with Crippen molar-refractivity contribution in [2.24, 2.45) is 0 Å². The molecule has 2 heterocycles. The Balaban J connectivity index is 1.87. The monoisotopic (exact) mass is 352 g/mol. The van der Waals surface area contributed by atoms with Gasteiger partial charge in [-0.1, -0.05) is 13.8 Å². The minimum Gasteiger partial charge on any atom is -0.341 e. The Kier molecular flexibility index (Phi) is 6.12. The van der Waals surface area contributed by atoms with Crippen molar-refractivity contribution in [2.75, 3.05) is 19.6 Å². The molecule has 4 nitrogen and oxygen atoms in total. The summed E-state index contributed by atoms with van der Waals surface area (Å²) >= 11 is 0. The Morgan fingerprint density at radius 2 is 1.65 bits per heavy atom. The molecular weight excluding hydrogens is 327 g/mol.